The summed E-state index contributed by atoms with van der Waals surface area (Å²) in [6.45, 7) is 0. The quantitative estimate of drug-likeness (QED) is 0.197. The molecule has 0 amide bonds. The molecular weight excluding hydrogens is 574 g/mol. The number of nitrogens with zero attached hydrogens (tertiary/aromatic N) is 3. The number of hydrogen-bond donors (Lipinski definition) is 0. The first kappa shape index (κ1) is 27.0. The Morgan fingerprint density at radius 2 is 0.936 bits per heavy atom. The maximum Gasteiger partial charge on any atom is 0.167 e. The van der Waals surface area contributed by atoms with Crippen molar-refractivity contribution in [2.45, 2.75) is 0 Å². The number of aromatic nitrogens is 3. The predicted molar refractivity (Wildman–Crippen MR) is 192 cm³/mol. The lowest BCUT2D eigenvalue weighted by Gasteiger charge is -2.12. The second kappa shape index (κ2) is 11.2. The molecule has 0 saturated heterocycles. The van der Waals surface area contributed by atoms with Gasteiger partial charge in [-0.25, -0.2) is 15.0 Å². The number of hydrogen-bond acceptors (Lipinski definition) is 4. The van der Waals surface area contributed by atoms with Crippen molar-refractivity contribution in [2.75, 3.05) is 0 Å². The minimum atomic E-state index is 0.566. The van der Waals surface area contributed by atoms with Crippen LogP contribution in [-0.4, -0.2) is 15.0 Å². The van der Waals surface area contributed by atoms with Gasteiger partial charge >= 0.3 is 0 Å². The van der Waals surface area contributed by atoms with Gasteiger partial charge in [0.25, 0.3) is 0 Å². The Bertz CT molecular complexity index is 2570. The molecule has 0 aliphatic heterocycles. The standard InChI is InChI=1S/C43H27N3O/c1-2-12-30(13-3-1)34-15-6-7-17-37(34)42-44-41(31-24-21-29(22-25-31)33-26-23-28-11-4-5-14-32(28)27-33)45-43(46-42)38-19-10-18-36-35-16-8-9-20-39(35)47-40(36)38/h1-27H. The highest BCUT2D eigenvalue weighted by Crippen LogP contribution is 2.37. The Hall–Kier alpha value is -6.39. The summed E-state index contributed by atoms with van der Waals surface area (Å²) in [5, 5.41) is 4.55. The third-order valence-electron chi connectivity index (χ3n) is 8.76. The van der Waals surface area contributed by atoms with E-state index in [0.717, 1.165) is 55.3 Å². The summed E-state index contributed by atoms with van der Waals surface area (Å²) in [7, 11) is 0. The first-order valence-corrected chi connectivity index (χ1v) is 15.7. The summed E-state index contributed by atoms with van der Waals surface area (Å²) in [6, 6.07) is 56.4. The normalized spacial score (nSPS) is 11.4. The molecule has 7 aromatic carbocycles. The molecule has 0 fully saturated rings. The van der Waals surface area contributed by atoms with Gasteiger partial charge in [-0.3, -0.25) is 0 Å². The average Bonchev–Trinajstić information content (AvgIpc) is 3.54. The number of fused-ring (bicyclic) bond motifs is 4. The molecule has 0 unspecified atom stereocenters. The van der Waals surface area contributed by atoms with Crippen LogP contribution in [0.15, 0.2) is 168 Å². The maximum absolute atomic E-state index is 6.42. The molecule has 9 rings (SSSR count). The van der Waals surface area contributed by atoms with Gasteiger partial charge in [-0.15, -0.1) is 0 Å². The highest BCUT2D eigenvalue weighted by Gasteiger charge is 2.19. The first-order chi connectivity index (χ1) is 23.3. The van der Waals surface area contributed by atoms with E-state index in [1.807, 2.05) is 42.5 Å². The number of furan rings is 1. The molecule has 220 valence electrons. The predicted octanol–water partition coefficient (Wildman–Crippen LogP) is 11.3. The molecule has 4 heteroatoms. The van der Waals surface area contributed by atoms with Crippen molar-refractivity contribution in [1.29, 1.82) is 0 Å². The van der Waals surface area contributed by atoms with E-state index in [4.69, 9.17) is 19.4 Å². The van der Waals surface area contributed by atoms with E-state index in [0.29, 0.717) is 17.5 Å². The third-order valence-corrected chi connectivity index (χ3v) is 8.76. The van der Waals surface area contributed by atoms with Crippen LogP contribution in [0.25, 0.3) is 89.1 Å². The smallest absolute Gasteiger partial charge is 0.167 e. The van der Waals surface area contributed by atoms with Gasteiger partial charge in [0.15, 0.2) is 17.5 Å². The van der Waals surface area contributed by atoms with E-state index in [1.54, 1.807) is 0 Å². The number of benzene rings is 7. The van der Waals surface area contributed by atoms with Crippen molar-refractivity contribution < 1.29 is 4.42 Å². The van der Waals surface area contributed by atoms with Crippen LogP contribution in [0.4, 0.5) is 0 Å². The van der Waals surface area contributed by atoms with Crippen LogP contribution in [0.1, 0.15) is 0 Å². The largest absolute Gasteiger partial charge is 0.455 e. The van der Waals surface area contributed by atoms with Crippen molar-refractivity contribution in [2.24, 2.45) is 0 Å². The summed E-state index contributed by atoms with van der Waals surface area (Å²) in [6.07, 6.45) is 0. The van der Waals surface area contributed by atoms with Crippen LogP contribution in [0.2, 0.25) is 0 Å². The van der Waals surface area contributed by atoms with Crippen molar-refractivity contribution >= 4 is 32.7 Å². The van der Waals surface area contributed by atoms with Gasteiger partial charge in [0.2, 0.25) is 0 Å². The highest BCUT2D eigenvalue weighted by molar-refractivity contribution is 6.09. The van der Waals surface area contributed by atoms with Gasteiger partial charge in [0, 0.05) is 21.9 Å². The second-order valence-corrected chi connectivity index (χ2v) is 11.6. The molecule has 2 heterocycles. The minimum absolute atomic E-state index is 0.566. The molecule has 47 heavy (non-hydrogen) atoms. The van der Waals surface area contributed by atoms with Gasteiger partial charge in [0.05, 0.1) is 5.56 Å². The number of para-hydroxylation sites is 2. The zero-order valence-electron chi connectivity index (χ0n) is 25.3. The van der Waals surface area contributed by atoms with Crippen LogP contribution in [0, 0.1) is 0 Å². The average molecular weight is 602 g/mol. The zero-order chi connectivity index (χ0) is 31.2. The molecule has 2 aromatic heterocycles. The lowest BCUT2D eigenvalue weighted by atomic mass is 9.99. The molecule has 0 spiro atoms. The van der Waals surface area contributed by atoms with Crippen molar-refractivity contribution in [3.8, 4) is 56.4 Å². The van der Waals surface area contributed by atoms with Crippen molar-refractivity contribution in [1.82, 2.24) is 15.0 Å². The van der Waals surface area contributed by atoms with Gasteiger partial charge in [-0.2, -0.15) is 0 Å². The molecule has 4 nitrogen and oxygen atoms in total. The highest BCUT2D eigenvalue weighted by atomic mass is 16.3. The van der Waals surface area contributed by atoms with E-state index in [-0.39, 0.29) is 0 Å². The molecule has 0 aliphatic carbocycles. The van der Waals surface area contributed by atoms with Crippen LogP contribution in [0.3, 0.4) is 0 Å². The Balaban J connectivity index is 1.22. The molecular formula is C43H27N3O. The zero-order valence-corrected chi connectivity index (χ0v) is 25.3. The van der Waals surface area contributed by atoms with E-state index in [2.05, 4.69) is 121 Å². The minimum Gasteiger partial charge on any atom is -0.455 e. The molecule has 0 bridgehead atoms. The third kappa shape index (κ3) is 4.84. The van der Waals surface area contributed by atoms with Gasteiger partial charge < -0.3 is 4.42 Å². The van der Waals surface area contributed by atoms with E-state index in [1.165, 1.54) is 16.3 Å². The summed E-state index contributed by atoms with van der Waals surface area (Å²) < 4.78 is 6.42. The van der Waals surface area contributed by atoms with Crippen LogP contribution >= 0.6 is 0 Å². The van der Waals surface area contributed by atoms with E-state index >= 15 is 0 Å². The van der Waals surface area contributed by atoms with Crippen molar-refractivity contribution in [3.05, 3.63) is 164 Å². The molecule has 9 aromatic rings. The summed E-state index contributed by atoms with van der Waals surface area (Å²) in [5.41, 5.74) is 8.74. The van der Waals surface area contributed by atoms with Gasteiger partial charge in [-0.1, -0.05) is 146 Å². The van der Waals surface area contributed by atoms with Crippen LogP contribution < -0.4 is 0 Å². The van der Waals surface area contributed by atoms with E-state index < -0.39 is 0 Å². The topological polar surface area (TPSA) is 51.8 Å². The Morgan fingerprint density at radius 3 is 1.79 bits per heavy atom. The number of rotatable bonds is 5. The molecule has 0 saturated carbocycles. The summed E-state index contributed by atoms with van der Waals surface area (Å²) in [4.78, 5) is 15.3. The van der Waals surface area contributed by atoms with Crippen LogP contribution in [-0.2, 0) is 0 Å². The maximum atomic E-state index is 6.42. The second-order valence-electron chi connectivity index (χ2n) is 11.6. The summed E-state index contributed by atoms with van der Waals surface area (Å²) >= 11 is 0. The molecule has 0 aliphatic rings. The fourth-order valence-electron chi connectivity index (χ4n) is 6.40. The van der Waals surface area contributed by atoms with E-state index in [9.17, 15) is 0 Å². The Morgan fingerprint density at radius 1 is 0.340 bits per heavy atom. The fraction of sp³-hybridized carbons (Fsp3) is 0. The van der Waals surface area contributed by atoms with Crippen LogP contribution in [0.5, 0.6) is 0 Å². The van der Waals surface area contributed by atoms with Gasteiger partial charge in [0.1, 0.15) is 11.2 Å². The van der Waals surface area contributed by atoms with Gasteiger partial charge in [-0.05, 0) is 51.2 Å². The molecule has 0 atom stereocenters. The monoisotopic (exact) mass is 601 g/mol. The molecule has 0 N–H and O–H groups in total. The molecule has 0 radical (unpaired) electrons. The lowest BCUT2D eigenvalue weighted by molar-refractivity contribution is 0.669. The fourth-order valence-corrected chi connectivity index (χ4v) is 6.40. The first-order valence-electron chi connectivity index (χ1n) is 15.7. The summed E-state index contributed by atoms with van der Waals surface area (Å²) in [5.74, 6) is 1.78. The van der Waals surface area contributed by atoms with Crippen molar-refractivity contribution in [3.63, 3.8) is 0 Å². The lowest BCUT2D eigenvalue weighted by Crippen LogP contribution is -2.01. The Kier molecular flexibility index (Phi) is 6.43. The Labute approximate surface area is 271 Å². The SMILES string of the molecule is c1ccc(-c2ccccc2-c2nc(-c3ccc(-c4ccc5ccccc5c4)cc3)nc(-c3cccc4c3oc3ccccc34)n2)cc1.